The Morgan fingerprint density at radius 2 is 1.64 bits per heavy atom. The third kappa shape index (κ3) is 7.56. The summed E-state index contributed by atoms with van der Waals surface area (Å²) in [7, 11) is 7.61. The zero-order valence-corrected chi connectivity index (χ0v) is 17.7. The Kier molecular flexibility index (Phi) is 11.8. The number of aryl methyl sites for hydroxylation is 2. The van der Waals surface area contributed by atoms with Crippen molar-refractivity contribution in [2.24, 2.45) is 0 Å². The number of rotatable bonds is 5. The number of hydrogen-bond acceptors (Lipinski definition) is 3. The van der Waals surface area contributed by atoms with E-state index in [0.29, 0.717) is 6.54 Å². The van der Waals surface area contributed by atoms with Gasteiger partial charge in [-0.1, -0.05) is 0 Å². The van der Waals surface area contributed by atoms with E-state index >= 15 is 0 Å². The molecule has 0 spiro atoms. The van der Waals surface area contributed by atoms with Crippen LogP contribution in [-0.2, 0) is 0 Å². The zero-order chi connectivity index (χ0) is 15.3. The van der Waals surface area contributed by atoms with Gasteiger partial charge in [0.05, 0.1) is 0 Å². The molecule has 0 bridgehead atoms. The van der Waals surface area contributed by atoms with Crippen molar-refractivity contribution in [3.63, 3.8) is 0 Å². The van der Waals surface area contributed by atoms with Crippen LogP contribution in [0.4, 0.5) is 10.6 Å². The molecule has 2 amide bonds. The SMILES string of the molecule is Br.Br.Cc1cc(C)nc(N(CCCN(C)C)C(=O)N(C)C)c1. The highest BCUT2D eigenvalue weighted by Gasteiger charge is 2.19. The lowest BCUT2D eigenvalue weighted by molar-refractivity contribution is 0.223. The second-order valence-corrected chi connectivity index (χ2v) is 5.63. The molecular weight excluding hydrogens is 412 g/mol. The average Bonchev–Trinajstić information content (AvgIpc) is 2.32. The van der Waals surface area contributed by atoms with Crippen molar-refractivity contribution in [2.45, 2.75) is 20.3 Å². The predicted molar refractivity (Wildman–Crippen MR) is 104 cm³/mol. The number of amides is 2. The zero-order valence-electron chi connectivity index (χ0n) is 14.3. The van der Waals surface area contributed by atoms with Gasteiger partial charge in [0.15, 0.2) is 0 Å². The summed E-state index contributed by atoms with van der Waals surface area (Å²) in [6, 6.07) is 3.95. The molecule has 0 saturated heterocycles. The molecule has 0 fully saturated rings. The van der Waals surface area contributed by atoms with Crippen LogP contribution in [0.25, 0.3) is 0 Å². The first-order chi connectivity index (χ1) is 9.31. The Labute approximate surface area is 155 Å². The van der Waals surface area contributed by atoms with Crippen molar-refractivity contribution in [3.05, 3.63) is 23.4 Å². The van der Waals surface area contributed by atoms with Crippen LogP contribution < -0.4 is 4.90 Å². The molecule has 0 saturated carbocycles. The van der Waals surface area contributed by atoms with Gasteiger partial charge in [0.1, 0.15) is 5.82 Å². The Balaban J connectivity index is 0. The van der Waals surface area contributed by atoms with Crippen molar-refractivity contribution >= 4 is 45.8 Å². The first-order valence-electron chi connectivity index (χ1n) is 6.90. The molecular formula is C15H28Br2N4O. The van der Waals surface area contributed by atoms with Crippen LogP contribution >= 0.6 is 34.0 Å². The fraction of sp³-hybridized carbons (Fsp3) is 0.600. The summed E-state index contributed by atoms with van der Waals surface area (Å²) >= 11 is 0. The van der Waals surface area contributed by atoms with E-state index in [4.69, 9.17) is 0 Å². The lowest BCUT2D eigenvalue weighted by atomic mass is 10.2. The van der Waals surface area contributed by atoms with E-state index in [1.54, 1.807) is 23.9 Å². The molecule has 0 aliphatic heterocycles. The van der Waals surface area contributed by atoms with E-state index in [1.165, 1.54) is 0 Å². The molecule has 0 radical (unpaired) electrons. The largest absolute Gasteiger partial charge is 0.330 e. The van der Waals surface area contributed by atoms with Gasteiger partial charge in [0, 0.05) is 26.3 Å². The smallest absolute Gasteiger partial charge is 0.325 e. The minimum Gasteiger partial charge on any atom is -0.330 e. The minimum atomic E-state index is -0.0266. The van der Waals surface area contributed by atoms with Crippen LogP contribution in [0.2, 0.25) is 0 Å². The van der Waals surface area contributed by atoms with Gasteiger partial charge in [-0.3, -0.25) is 4.90 Å². The predicted octanol–water partition coefficient (Wildman–Crippen LogP) is 3.29. The van der Waals surface area contributed by atoms with E-state index in [2.05, 4.69) is 9.88 Å². The minimum absolute atomic E-state index is 0. The van der Waals surface area contributed by atoms with Crippen LogP contribution in [0.3, 0.4) is 0 Å². The summed E-state index contributed by atoms with van der Waals surface area (Å²) in [4.78, 5) is 22.3. The molecule has 128 valence electrons. The highest BCUT2D eigenvalue weighted by atomic mass is 79.9. The van der Waals surface area contributed by atoms with E-state index in [-0.39, 0.29) is 40.0 Å². The molecule has 5 nitrogen and oxygen atoms in total. The summed E-state index contributed by atoms with van der Waals surface area (Å²) in [6.45, 7) is 5.60. The lowest BCUT2D eigenvalue weighted by Crippen LogP contribution is -2.41. The second-order valence-electron chi connectivity index (χ2n) is 5.63. The number of aromatic nitrogens is 1. The quantitative estimate of drug-likeness (QED) is 0.706. The maximum Gasteiger partial charge on any atom is 0.325 e. The Bertz CT molecular complexity index is 447. The highest BCUT2D eigenvalue weighted by Crippen LogP contribution is 2.16. The van der Waals surface area contributed by atoms with Crippen molar-refractivity contribution in [3.8, 4) is 0 Å². The first-order valence-corrected chi connectivity index (χ1v) is 6.90. The number of nitrogens with zero attached hydrogens (tertiary/aromatic N) is 4. The summed E-state index contributed by atoms with van der Waals surface area (Å²) in [5, 5.41) is 0. The van der Waals surface area contributed by atoms with Crippen molar-refractivity contribution in [1.82, 2.24) is 14.8 Å². The second kappa shape index (κ2) is 11.0. The Hall–Kier alpha value is -0.660. The molecule has 1 aromatic heterocycles. The van der Waals surface area contributed by atoms with Gasteiger partial charge in [-0.15, -0.1) is 34.0 Å². The normalized spacial score (nSPS) is 9.77. The van der Waals surface area contributed by atoms with Crippen molar-refractivity contribution < 1.29 is 4.79 Å². The van der Waals surface area contributed by atoms with Gasteiger partial charge >= 0.3 is 6.03 Å². The Morgan fingerprint density at radius 1 is 1.05 bits per heavy atom. The van der Waals surface area contributed by atoms with Gasteiger partial charge in [-0.05, 0) is 58.6 Å². The number of urea groups is 1. The monoisotopic (exact) mass is 438 g/mol. The van der Waals surface area contributed by atoms with Gasteiger partial charge in [0.25, 0.3) is 0 Å². The third-order valence-electron chi connectivity index (χ3n) is 2.96. The van der Waals surface area contributed by atoms with Crippen LogP contribution in [-0.4, -0.2) is 62.1 Å². The van der Waals surface area contributed by atoms with E-state index in [9.17, 15) is 4.79 Å². The average molecular weight is 440 g/mol. The maximum absolute atomic E-state index is 12.3. The fourth-order valence-electron chi connectivity index (χ4n) is 2.05. The van der Waals surface area contributed by atoms with Gasteiger partial charge in [-0.25, -0.2) is 9.78 Å². The van der Waals surface area contributed by atoms with Crippen LogP contribution in [0.5, 0.6) is 0 Å². The first kappa shape index (κ1) is 23.6. The number of carbonyl (C=O) groups excluding carboxylic acids is 1. The number of hydrogen-bond donors (Lipinski definition) is 0. The molecule has 0 aliphatic carbocycles. The van der Waals surface area contributed by atoms with Gasteiger partial charge in [-0.2, -0.15) is 0 Å². The van der Waals surface area contributed by atoms with Crippen molar-refractivity contribution in [1.29, 1.82) is 0 Å². The van der Waals surface area contributed by atoms with Crippen LogP contribution in [0.1, 0.15) is 17.7 Å². The highest BCUT2D eigenvalue weighted by molar-refractivity contribution is 8.93. The summed E-state index contributed by atoms with van der Waals surface area (Å²) in [6.07, 6.45) is 0.918. The molecule has 1 heterocycles. The number of pyridine rings is 1. The topological polar surface area (TPSA) is 39.7 Å². The summed E-state index contributed by atoms with van der Waals surface area (Å²) in [5.41, 5.74) is 2.06. The third-order valence-corrected chi connectivity index (χ3v) is 2.96. The molecule has 0 aliphatic rings. The molecule has 0 unspecified atom stereocenters. The number of carbonyl (C=O) groups is 1. The summed E-state index contributed by atoms with van der Waals surface area (Å²) in [5.74, 6) is 0.736. The number of halogens is 2. The molecule has 1 rings (SSSR count). The van der Waals surface area contributed by atoms with Gasteiger partial charge < -0.3 is 9.80 Å². The molecule has 0 atom stereocenters. The van der Waals surface area contributed by atoms with Gasteiger partial charge in [0.2, 0.25) is 0 Å². The molecule has 22 heavy (non-hydrogen) atoms. The van der Waals surface area contributed by atoms with E-state index < -0.39 is 0 Å². The van der Waals surface area contributed by atoms with Crippen LogP contribution in [0.15, 0.2) is 12.1 Å². The van der Waals surface area contributed by atoms with Crippen LogP contribution in [0, 0.1) is 13.8 Å². The summed E-state index contributed by atoms with van der Waals surface area (Å²) < 4.78 is 0. The Morgan fingerprint density at radius 3 is 2.09 bits per heavy atom. The molecule has 1 aromatic rings. The van der Waals surface area contributed by atoms with E-state index in [0.717, 1.165) is 30.0 Å². The van der Waals surface area contributed by atoms with Crippen molar-refractivity contribution in [2.75, 3.05) is 46.2 Å². The standard InChI is InChI=1S/C15H26N4O.2BrH/c1-12-10-13(2)16-14(11-12)19(15(20)18(5)6)9-7-8-17(3)4;;/h10-11H,7-9H2,1-6H3;2*1H. The fourth-order valence-corrected chi connectivity index (χ4v) is 2.05. The lowest BCUT2D eigenvalue weighted by Gasteiger charge is -2.26. The molecule has 7 heteroatoms. The maximum atomic E-state index is 12.3. The molecule has 0 aromatic carbocycles. The number of anilines is 1. The molecule has 0 N–H and O–H groups in total. The van der Waals surface area contributed by atoms with E-state index in [1.807, 2.05) is 40.1 Å².